The van der Waals surface area contributed by atoms with Gasteiger partial charge >= 0.3 is 6.09 Å². The van der Waals surface area contributed by atoms with Gasteiger partial charge in [0.2, 0.25) is 0 Å². The van der Waals surface area contributed by atoms with Crippen LogP contribution >= 0.6 is 0 Å². The van der Waals surface area contributed by atoms with Crippen LogP contribution in [0.25, 0.3) is 0 Å². The number of amides is 1. The van der Waals surface area contributed by atoms with Crippen molar-refractivity contribution in [3.8, 4) is 0 Å². The van der Waals surface area contributed by atoms with Crippen molar-refractivity contribution in [2.24, 2.45) is 0 Å². The van der Waals surface area contributed by atoms with Gasteiger partial charge in [0.15, 0.2) is 0 Å². The molecule has 1 amide bonds. The molecule has 1 radical (unpaired) electrons. The summed E-state index contributed by atoms with van der Waals surface area (Å²) in [6.45, 7) is 6.96. The van der Waals surface area contributed by atoms with Gasteiger partial charge in [-0.05, 0) is 20.8 Å². The Morgan fingerprint density at radius 1 is 1.57 bits per heavy atom. The summed E-state index contributed by atoms with van der Waals surface area (Å²) in [5, 5.41) is 2.47. The van der Waals surface area contributed by atoms with E-state index in [0.717, 1.165) is 0 Å². The SMILES string of the molecule is C[S+]([O-])CC[CH]NC(=O)OC(C)(C)C. The first-order valence-electron chi connectivity index (χ1n) is 4.42. The average Bonchev–Trinajstić information content (AvgIpc) is 1.94. The Morgan fingerprint density at radius 3 is 2.57 bits per heavy atom. The summed E-state index contributed by atoms with van der Waals surface area (Å²) in [4.78, 5) is 11.1. The normalized spacial score (nSPS) is 13.5. The Labute approximate surface area is 88.6 Å². The molecule has 0 aliphatic carbocycles. The largest absolute Gasteiger partial charge is 0.617 e. The highest BCUT2D eigenvalue weighted by molar-refractivity contribution is 7.90. The minimum Gasteiger partial charge on any atom is -0.617 e. The number of hydrogen-bond acceptors (Lipinski definition) is 3. The van der Waals surface area contributed by atoms with Gasteiger partial charge in [0.05, 0.1) is 12.8 Å². The van der Waals surface area contributed by atoms with Gasteiger partial charge in [0, 0.05) is 6.42 Å². The van der Waals surface area contributed by atoms with Gasteiger partial charge in [0.1, 0.15) is 11.4 Å². The molecule has 0 fully saturated rings. The van der Waals surface area contributed by atoms with Gasteiger partial charge in [-0.2, -0.15) is 0 Å². The van der Waals surface area contributed by atoms with E-state index in [1.807, 2.05) is 0 Å². The van der Waals surface area contributed by atoms with Gasteiger partial charge < -0.3 is 14.6 Å². The summed E-state index contributed by atoms with van der Waals surface area (Å²) in [5.41, 5.74) is -0.481. The van der Waals surface area contributed by atoms with Crippen molar-refractivity contribution in [2.45, 2.75) is 32.8 Å². The van der Waals surface area contributed by atoms with E-state index < -0.39 is 22.9 Å². The van der Waals surface area contributed by atoms with Crippen LogP contribution in [0.4, 0.5) is 4.79 Å². The lowest BCUT2D eigenvalue weighted by molar-refractivity contribution is 0.0542. The number of alkyl carbamates (subject to hydrolysis) is 1. The van der Waals surface area contributed by atoms with Crippen LogP contribution in [0.5, 0.6) is 0 Å². The van der Waals surface area contributed by atoms with Crippen molar-refractivity contribution < 1.29 is 14.1 Å². The van der Waals surface area contributed by atoms with Crippen molar-refractivity contribution in [3.05, 3.63) is 6.54 Å². The second-order valence-electron chi connectivity index (χ2n) is 3.92. The number of nitrogens with one attached hydrogen (secondary N) is 1. The molecule has 83 valence electrons. The highest BCUT2D eigenvalue weighted by Crippen LogP contribution is 2.06. The van der Waals surface area contributed by atoms with Crippen LogP contribution in [0.1, 0.15) is 27.2 Å². The highest BCUT2D eigenvalue weighted by atomic mass is 32.2. The molecule has 1 unspecified atom stereocenters. The summed E-state index contributed by atoms with van der Waals surface area (Å²) in [6.07, 6.45) is 1.74. The molecule has 0 aromatic rings. The first-order chi connectivity index (χ1) is 6.31. The fourth-order valence-electron chi connectivity index (χ4n) is 0.688. The van der Waals surface area contributed by atoms with E-state index in [4.69, 9.17) is 4.74 Å². The zero-order valence-corrected chi connectivity index (χ0v) is 9.94. The molecule has 5 heteroatoms. The van der Waals surface area contributed by atoms with Gasteiger partial charge in [-0.1, -0.05) is 11.2 Å². The first kappa shape index (κ1) is 13.6. The van der Waals surface area contributed by atoms with Crippen LogP contribution in [0.15, 0.2) is 0 Å². The lowest BCUT2D eigenvalue weighted by atomic mass is 10.2. The third-order valence-corrected chi connectivity index (χ3v) is 1.98. The third-order valence-electron chi connectivity index (χ3n) is 1.17. The molecular weight excluding hydrogens is 202 g/mol. The summed E-state index contributed by atoms with van der Waals surface area (Å²) in [5.74, 6) is 0.551. The maximum Gasteiger partial charge on any atom is 0.407 e. The number of ether oxygens (including phenoxy) is 1. The molecule has 1 atom stereocenters. The van der Waals surface area contributed by atoms with E-state index in [-0.39, 0.29) is 0 Å². The maximum absolute atomic E-state index is 11.1. The predicted molar refractivity (Wildman–Crippen MR) is 57.2 cm³/mol. The first-order valence-corrected chi connectivity index (χ1v) is 6.15. The van der Waals surface area contributed by atoms with Crippen molar-refractivity contribution in [1.82, 2.24) is 5.32 Å². The summed E-state index contributed by atoms with van der Waals surface area (Å²) in [7, 11) is 0. The smallest absolute Gasteiger partial charge is 0.407 e. The average molecular weight is 220 g/mol. The van der Waals surface area contributed by atoms with E-state index >= 15 is 0 Å². The Balaban J connectivity index is 3.46. The van der Waals surface area contributed by atoms with E-state index in [2.05, 4.69) is 5.32 Å². The molecule has 0 heterocycles. The number of carbonyl (C=O) groups excluding carboxylic acids is 1. The summed E-state index contributed by atoms with van der Waals surface area (Å²) >= 11 is -0.823. The van der Waals surface area contributed by atoms with Crippen LogP contribution in [-0.4, -0.2) is 28.3 Å². The molecule has 0 saturated carbocycles. The molecule has 4 nitrogen and oxygen atoms in total. The second-order valence-corrected chi connectivity index (χ2v) is 5.47. The molecule has 14 heavy (non-hydrogen) atoms. The zero-order valence-electron chi connectivity index (χ0n) is 9.12. The van der Waals surface area contributed by atoms with E-state index in [1.165, 1.54) is 0 Å². The molecule has 0 saturated heterocycles. The molecule has 0 aromatic heterocycles. The van der Waals surface area contributed by atoms with Gasteiger partial charge in [-0.25, -0.2) is 4.79 Å². The fraction of sp³-hybridized carbons (Fsp3) is 0.778. The number of rotatable bonds is 4. The number of hydrogen-bond donors (Lipinski definition) is 1. The minimum atomic E-state index is -0.823. The molecule has 0 spiro atoms. The Kier molecular flexibility index (Phi) is 5.95. The minimum absolute atomic E-state index is 0.473. The molecule has 0 aliphatic rings. The Hall–Kier alpha value is -0.420. The third kappa shape index (κ3) is 9.67. The van der Waals surface area contributed by atoms with Gasteiger partial charge in [0.25, 0.3) is 0 Å². The molecule has 0 aromatic carbocycles. The van der Waals surface area contributed by atoms with E-state index in [9.17, 15) is 9.35 Å². The van der Waals surface area contributed by atoms with Crippen LogP contribution < -0.4 is 5.32 Å². The highest BCUT2D eigenvalue weighted by Gasteiger charge is 2.15. The quantitative estimate of drug-likeness (QED) is 0.576. The standard InChI is InChI=1S/C9H18NO3S/c1-9(2,3)13-8(11)10-6-5-7-14(4)12/h6H,5,7H2,1-4H3,(H,10,11). The maximum atomic E-state index is 11.1. The number of carbonyl (C=O) groups is 1. The van der Waals surface area contributed by atoms with Crippen LogP contribution in [0, 0.1) is 6.54 Å². The van der Waals surface area contributed by atoms with E-state index in [1.54, 1.807) is 33.6 Å². The van der Waals surface area contributed by atoms with Crippen LogP contribution in [0.2, 0.25) is 0 Å². The van der Waals surface area contributed by atoms with Gasteiger partial charge in [-0.15, -0.1) is 0 Å². The van der Waals surface area contributed by atoms with Crippen LogP contribution in [0.3, 0.4) is 0 Å². The molecule has 1 N–H and O–H groups in total. The van der Waals surface area contributed by atoms with Gasteiger partial charge in [-0.3, -0.25) is 0 Å². The summed E-state index contributed by atoms with van der Waals surface area (Å²) < 4.78 is 15.7. The monoisotopic (exact) mass is 220 g/mol. The lowest BCUT2D eigenvalue weighted by Crippen LogP contribution is -2.31. The van der Waals surface area contributed by atoms with Crippen molar-refractivity contribution in [3.63, 3.8) is 0 Å². The molecular formula is C9H18NO3S. The lowest BCUT2D eigenvalue weighted by Gasteiger charge is -2.19. The van der Waals surface area contributed by atoms with Crippen molar-refractivity contribution in [2.75, 3.05) is 12.0 Å². The second kappa shape index (κ2) is 6.14. The zero-order chi connectivity index (χ0) is 11.2. The van der Waals surface area contributed by atoms with E-state index in [0.29, 0.717) is 12.2 Å². The molecule has 0 rings (SSSR count). The Morgan fingerprint density at radius 2 is 2.14 bits per heavy atom. The summed E-state index contributed by atoms with van der Waals surface area (Å²) in [6, 6.07) is 0. The van der Waals surface area contributed by atoms with Crippen LogP contribution in [-0.2, 0) is 15.9 Å². The molecule has 0 bridgehead atoms. The van der Waals surface area contributed by atoms with Crippen molar-refractivity contribution >= 4 is 17.3 Å². The Bertz CT molecular complexity index is 177. The topological polar surface area (TPSA) is 61.4 Å². The fourth-order valence-corrected chi connectivity index (χ4v) is 1.14. The molecule has 0 aliphatic heterocycles. The predicted octanol–water partition coefficient (Wildman–Crippen LogP) is 1.44. The van der Waals surface area contributed by atoms with Crippen molar-refractivity contribution in [1.29, 1.82) is 0 Å².